The largest absolute Gasteiger partial charge is 0.496 e. The second kappa shape index (κ2) is 7.74. The number of thioether (sulfide) groups is 1. The van der Waals surface area contributed by atoms with Crippen LogP contribution in [0.3, 0.4) is 0 Å². The fourth-order valence-corrected chi connectivity index (χ4v) is 3.31. The molecule has 0 saturated carbocycles. The van der Waals surface area contributed by atoms with Crippen LogP contribution in [0.1, 0.15) is 27.0 Å². The number of Topliss-reactive ketones (excluding diaryl/α,β-unsaturated/α-hetero) is 1. The highest BCUT2D eigenvalue weighted by Crippen LogP contribution is 2.30. The summed E-state index contributed by atoms with van der Waals surface area (Å²) in [4.78, 5) is 12.5. The van der Waals surface area contributed by atoms with Crippen molar-refractivity contribution in [3.8, 4) is 17.2 Å². The van der Waals surface area contributed by atoms with Crippen molar-refractivity contribution in [1.29, 1.82) is 0 Å². The van der Waals surface area contributed by atoms with Crippen molar-refractivity contribution in [2.75, 3.05) is 12.9 Å². The Morgan fingerprint density at radius 1 is 1.08 bits per heavy atom. The summed E-state index contributed by atoms with van der Waals surface area (Å²) in [5.41, 5.74) is 4.75. The topological polar surface area (TPSA) is 65.2 Å². The van der Waals surface area contributed by atoms with Gasteiger partial charge in [-0.1, -0.05) is 30.0 Å². The van der Waals surface area contributed by atoms with E-state index in [2.05, 4.69) is 10.2 Å². The molecule has 0 bridgehead atoms. The van der Waals surface area contributed by atoms with E-state index in [0.29, 0.717) is 16.9 Å². The van der Waals surface area contributed by atoms with Crippen LogP contribution in [0, 0.1) is 20.8 Å². The van der Waals surface area contributed by atoms with Crippen LogP contribution >= 0.6 is 11.8 Å². The predicted octanol–water partition coefficient (Wildman–Crippen LogP) is 4.65. The summed E-state index contributed by atoms with van der Waals surface area (Å²) in [6.07, 6.45) is 0. The van der Waals surface area contributed by atoms with E-state index in [1.807, 2.05) is 57.2 Å². The first-order chi connectivity index (χ1) is 12.5. The van der Waals surface area contributed by atoms with Crippen molar-refractivity contribution < 1.29 is 13.9 Å². The molecule has 0 unspecified atom stereocenters. The van der Waals surface area contributed by atoms with Crippen LogP contribution in [0.2, 0.25) is 0 Å². The van der Waals surface area contributed by atoms with E-state index in [9.17, 15) is 4.79 Å². The molecule has 0 atom stereocenters. The number of aromatic nitrogens is 2. The number of carbonyl (C=O) groups is 1. The summed E-state index contributed by atoms with van der Waals surface area (Å²) in [5.74, 6) is 1.33. The van der Waals surface area contributed by atoms with E-state index >= 15 is 0 Å². The van der Waals surface area contributed by atoms with Gasteiger partial charge in [0.15, 0.2) is 5.78 Å². The summed E-state index contributed by atoms with van der Waals surface area (Å²) in [6.45, 7) is 6.01. The van der Waals surface area contributed by atoms with E-state index < -0.39 is 0 Å². The lowest BCUT2D eigenvalue weighted by Gasteiger charge is -2.08. The minimum absolute atomic E-state index is 0.0487. The van der Waals surface area contributed by atoms with Crippen molar-refractivity contribution >= 4 is 17.5 Å². The first kappa shape index (κ1) is 18.2. The molecule has 0 radical (unpaired) electrons. The van der Waals surface area contributed by atoms with Crippen molar-refractivity contribution in [3.63, 3.8) is 0 Å². The van der Waals surface area contributed by atoms with Gasteiger partial charge < -0.3 is 9.15 Å². The minimum Gasteiger partial charge on any atom is -0.496 e. The number of para-hydroxylation sites is 1. The molecule has 134 valence electrons. The van der Waals surface area contributed by atoms with Gasteiger partial charge in [0.2, 0.25) is 0 Å². The van der Waals surface area contributed by atoms with Crippen LogP contribution in [-0.4, -0.2) is 28.8 Å². The molecule has 0 aliphatic carbocycles. The van der Waals surface area contributed by atoms with E-state index in [4.69, 9.17) is 9.15 Å². The number of methoxy groups -OCH3 is 1. The normalized spacial score (nSPS) is 10.8. The highest BCUT2D eigenvalue weighted by atomic mass is 32.2. The maximum Gasteiger partial charge on any atom is 0.277 e. The van der Waals surface area contributed by atoms with Crippen LogP contribution in [0.25, 0.3) is 11.5 Å². The molecule has 0 N–H and O–H groups in total. The lowest BCUT2D eigenvalue weighted by Crippen LogP contribution is -2.06. The molecule has 0 amide bonds. The first-order valence-corrected chi connectivity index (χ1v) is 9.19. The van der Waals surface area contributed by atoms with Gasteiger partial charge in [0.25, 0.3) is 11.1 Å². The molecular formula is C20H20N2O3S. The molecule has 0 spiro atoms. The first-order valence-electron chi connectivity index (χ1n) is 8.20. The van der Waals surface area contributed by atoms with Gasteiger partial charge in [-0.3, -0.25) is 4.79 Å². The Labute approximate surface area is 156 Å². The smallest absolute Gasteiger partial charge is 0.277 e. The zero-order chi connectivity index (χ0) is 18.7. The summed E-state index contributed by atoms with van der Waals surface area (Å²) >= 11 is 1.24. The molecule has 0 fully saturated rings. The quantitative estimate of drug-likeness (QED) is 0.466. The van der Waals surface area contributed by atoms with Crippen LogP contribution < -0.4 is 4.74 Å². The number of carbonyl (C=O) groups excluding carboxylic acids is 1. The van der Waals surface area contributed by atoms with Gasteiger partial charge >= 0.3 is 0 Å². The second-order valence-corrected chi connectivity index (χ2v) is 6.96. The number of hydrogen-bond acceptors (Lipinski definition) is 6. The average Bonchev–Trinajstić information content (AvgIpc) is 3.11. The summed E-state index contributed by atoms with van der Waals surface area (Å²) in [6, 6.07) is 11.4. The van der Waals surface area contributed by atoms with Gasteiger partial charge in [-0.15, -0.1) is 10.2 Å². The third-order valence-electron chi connectivity index (χ3n) is 4.21. The van der Waals surface area contributed by atoms with Crippen molar-refractivity contribution in [1.82, 2.24) is 10.2 Å². The number of hydrogen-bond donors (Lipinski definition) is 0. The van der Waals surface area contributed by atoms with Crippen LogP contribution in [-0.2, 0) is 0 Å². The van der Waals surface area contributed by atoms with Crippen molar-refractivity contribution in [2.24, 2.45) is 0 Å². The molecule has 6 heteroatoms. The molecule has 1 aromatic heterocycles. The number of nitrogens with zero attached hydrogens (tertiary/aromatic N) is 2. The fraction of sp³-hybridized carbons (Fsp3) is 0.250. The second-order valence-electron chi connectivity index (χ2n) is 6.04. The van der Waals surface area contributed by atoms with Crippen molar-refractivity contribution in [2.45, 2.75) is 26.0 Å². The molecule has 1 heterocycles. The molecule has 2 aromatic carbocycles. The fourth-order valence-electron chi connectivity index (χ4n) is 2.66. The molecule has 0 aliphatic rings. The standard InChI is InChI=1S/C20H20N2O3S/c1-12-9-14(3)16(10-13(12)2)17(23)11-26-20-22-21-19(25-20)15-7-5-6-8-18(15)24-4/h5-10H,11H2,1-4H3. The van der Waals surface area contributed by atoms with E-state index in [1.165, 1.54) is 17.3 Å². The van der Waals surface area contributed by atoms with Gasteiger partial charge in [-0.2, -0.15) is 0 Å². The zero-order valence-electron chi connectivity index (χ0n) is 15.2. The van der Waals surface area contributed by atoms with Gasteiger partial charge in [-0.05, 0) is 55.7 Å². The van der Waals surface area contributed by atoms with Crippen molar-refractivity contribution in [3.05, 3.63) is 58.7 Å². The lowest BCUT2D eigenvalue weighted by molar-refractivity contribution is 0.102. The minimum atomic E-state index is 0.0487. The molecule has 26 heavy (non-hydrogen) atoms. The summed E-state index contributed by atoms with van der Waals surface area (Å²) in [7, 11) is 1.59. The van der Waals surface area contributed by atoms with E-state index in [0.717, 1.165) is 22.3 Å². The van der Waals surface area contributed by atoms with Gasteiger partial charge in [0, 0.05) is 5.56 Å². The summed E-state index contributed by atoms with van der Waals surface area (Å²) in [5, 5.41) is 8.45. The molecule has 3 aromatic rings. The third kappa shape index (κ3) is 3.80. The Balaban J connectivity index is 1.72. The summed E-state index contributed by atoms with van der Waals surface area (Å²) < 4.78 is 11.0. The highest BCUT2D eigenvalue weighted by Gasteiger charge is 2.16. The molecule has 0 saturated heterocycles. The Bertz CT molecular complexity index is 950. The number of aryl methyl sites for hydroxylation is 3. The monoisotopic (exact) mass is 368 g/mol. The number of ether oxygens (including phenoxy) is 1. The molecular weight excluding hydrogens is 348 g/mol. The number of rotatable bonds is 6. The number of benzene rings is 2. The number of ketones is 1. The predicted molar refractivity (Wildman–Crippen MR) is 102 cm³/mol. The molecule has 3 rings (SSSR count). The molecule has 5 nitrogen and oxygen atoms in total. The Hall–Kier alpha value is -2.60. The maximum atomic E-state index is 12.5. The average molecular weight is 368 g/mol. The SMILES string of the molecule is COc1ccccc1-c1nnc(SCC(=O)c2cc(C)c(C)cc2C)o1. The lowest BCUT2D eigenvalue weighted by atomic mass is 9.99. The van der Waals surface area contributed by atoms with Crippen LogP contribution in [0.4, 0.5) is 0 Å². The Morgan fingerprint density at radius 3 is 2.58 bits per heavy atom. The zero-order valence-corrected chi connectivity index (χ0v) is 16.0. The molecule has 0 aliphatic heterocycles. The highest BCUT2D eigenvalue weighted by molar-refractivity contribution is 7.99. The van der Waals surface area contributed by atoms with E-state index in [1.54, 1.807) is 7.11 Å². The van der Waals surface area contributed by atoms with Gasteiger partial charge in [0.1, 0.15) is 5.75 Å². The van der Waals surface area contributed by atoms with Crippen LogP contribution in [0.15, 0.2) is 46.0 Å². The third-order valence-corrected chi connectivity index (χ3v) is 5.03. The van der Waals surface area contributed by atoms with Gasteiger partial charge in [-0.25, -0.2) is 0 Å². The van der Waals surface area contributed by atoms with E-state index in [-0.39, 0.29) is 11.5 Å². The van der Waals surface area contributed by atoms with Crippen LogP contribution in [0.5, 0.6) is 5.75 Å². The maximum absolute atomic E-state index is 12.5. The Kier molecular flexibility index (Phi) is 5.42. The van der Waals surface area contributed by atoms with Gasteiger partial charge in [0.05, 0.1) is 18.4 Å². The Morgan fingerprint density at radius 2 is 1.81 bits per heavy atom.